The first-order valence-electron chi connectivity index (χ1n) is 5.98. The molecule has 20 heavy (non-hydrogen) atoms. The number of hydrogen-bond donors (Lipinski definition) is 0. The van der Waals surface area contributed by atoms with E-state index in [1.54, 1.807) is 15.4 Å². The smallest absolute Gasteiger partial charge is 0.144 e. The summed E-state index contributed by atoms with van der Waals surface area (Å²) in [6, 6.07) is 2.86. The van der Waals surface area contributed by atoms with Crippen LogP contribution in [0.5, 0.6) is 0 Å². The molecule has 0 saturated carbocycles. The highest BCUT2D eigenvalue weighted by molar-refractivity contribution is 6.31. The Morgan fingerprint density at radius 1 is 1.35 bits per heavy atom. The van der Waals surface area contributed by atoms with Crippen molar-refractivity contribution in [3.63, 3.8) is 0 Å². The van der Waals surface area contributed by atoms with Gasteiger partial charge in [0.1, 0.15) is 11.6 Å². The standard InChI is InChI=1S/C13H11Cl2FN4/c1-7(14)13-18-11-3-9(15)10(16)4-12(11)20(13)8-5-17-19(2)6-8/h3-7H,1-2H3. The summed E-state index contributed by atoms with van der Waals surface area (Å²) < 4.78 is 17.2. The van der Waals surface area contributed by atoms with Crippen LogP contribution in [0.25, 0.3) is 16.7 Å². The van der Waals surface area contributed by atoms with E-state index in [1.807, 2.05) is 20.2 Å². The minimum Gasteiger partial charge on any atom is -0.292 e. The van der Waals surface area contributed by atoms with Crippen molar-refractivity contribution in [3.05, 3.63) is 41.2 Å². The van der Waals surface area contributed by atoms with E-state index in [-0.39, 0.29) is 10.4 Å². The lowest BCUT2D eigenvalue weighted by molar-refractivity contribution is 0.629. The Balaban J connectivity index is 2.37. The van der Waals surface area contributed by atoms with Gasteiger partial charge in [-0.2, -0.15) is 5.10 Å². The summed E-state index contributed by atoms with van der Waals surface area (Å²) in [5.74, 6) is 0.134. The topological polar surface area (TPSA) is 35.6 Å². The third-order valence-electron chi connectivity index (χ3n) is 3.03. The molecule has 1 atom stereocenters. The molecule has 7 heteroatoms. The first-order valence-corrected chi connectivity index (χ1v) is 6.79. The van der Waals surface area contributed by atoms with E-state index in [0.717, 1.165) is 5.69 Å². The van der Waals surface area contributed by atoms with Gasteiger partial charge in [0.25, 0.3) is 0 Å². The summed E-state index contributed by atoms with van der Waals surface area (Å²) in [5, 5.41) is 3.84. The second kappa shape index (κ2) is 4.75. The van der Waals surface area contributed by atoms with Crippen molar-refractivity contribution in [3.8, 4) is 5.69 Å². The maximum absolute atomic E-state index is 13.7. The fraction of sp³-hybridized carbons (Fsp3) is 0.231. The third-order valence-corrected chi connectivity index (χ3v) is 3.51. The van der Waals surface area contributed by atoms with Crippen molar-refractivity contribution in [2.24, 2.45) is 7.05 Å². The van der Waals surface area contributed by atoms with Gasteiger partial charge in [0, 0.05) is 19.3 Å². The predicted octanol–water partition coefficient (Wildman–Crippen LogP) is 3.85. The van der Waals surface area contributed by atoms with Crippen LogP contribution in [0.3, 0.4) is 0 Å². The molecular formula is C13H11Cl2FN4. The number of halogens is 3. The molecule has 0 aliphatic carbocycles. The molecule has 104 valence electrons. The van der Waals surface area contributed by atoms with Crippen LogP contribution in [0.4, 0.5) is 4.39 Å². The first kappa shape index (κ1) is 13.4. The van der Waals surface area contributed by atoms with Crippen molar-refractivity contribution < 1.29 is 4.39 Å². The molecule has 2 aromatic heterocycles. The molecule has 3 rings (SSSR count). The summed E-state index contributed by atoms with van der Waals surface area (Å²) in [7, 11) is 1.81. The van der Waals surface area contributed by atoms with Crippen molar-refractivity contribution >= 4 is 34.2 Å². The second-order valence-electron chi connectivity index (χ2n) is 4.55. The SMILES string of the molecule is CC(Cl)c1nc2cc(Cl)c(F)cc2n1-c1cnn(C)c1. The Kier molecular flexibility index (Phi) is 3.18. The molecule has 1 aromatic carbocycles. The van der Waals surface area contributed by atoms with Gasteiger partial charge in [0.2, 0.25) is 0 Å². The highest BCUT2D eigenvalue weighted by Gasteiger charge is 2.18. The van der Waals surface area contributed by atoms with Gasteiger partial charge in [0.15, 0.2) is 0 Å². The summed E-state index contributed by atoms with van der Waals surface area (Å²) in [6.45, 7) is 1.81. The van der Waals surface area contributed by atoms with Crippen LogP contribution in [0, 0.1) is 5.82 Å². The predicted molar refractivity (Wildman–Crippen MR) is 77.1 cm³/mol. The quantitative estimate of drug-likeness (QED) is 0.674. The molecule has 4 nitrogen and oxygen atoms in total. The Morgan fingerprint density at radius 2 is 2.10 bits per heavy atom. The first-order chi connectivity index (χ1) is 9.47. The molecule has 0 N–H and O–H groups in total. The number of hydrogen-bond acceptors (Lipinski definition) is 2. The Hall–Kier alpha value is -1.59. The zero-order valence-electron chi connectivity index (χ0n) is 10.8. The zero-order valence-corrected chi connectivity index (χ0v) is 12.3. The molecule has 0 saturated heterocycles. The van der Waals surface area contributed by atoms with Gasteiger partial charge in [-0.1, -0.05) is 11.6 Å². The maximum Gasteiger partial charge on any atom is 0.144 e. The van der Waals surface area contributed by atoms with E-state index < -0.39 is 5.82 Å². The fourth-order valence-electron chi connectivity index (χ4n) is 2.15. The molecular weight excluding hydrogens is 302 g/mol. The number of aryl methyl sites for hydroxylation is 1. The highest BCUT2D eigenvalue weighted by Crippen LogP contribution is 2.30. The largest absolute Gasteiger partial charge is 0.292 e. The molecule has 3 aromatic rings. The van der Waals surface area contributed by atoms with Crippen molar-refractivity contribution in [2.75, 3.05) is 0 Å². The van der Waals surface area contributed by atoms with Crippen molar-refractivity contribution in [1.29, 1.82) is 0 Å². The summed E-state index contributed by atoms with van der Waals surface area (Å²) in [5.41, 5.74) is 1.99. The third kappa shape index (κ3) is 2.07. The number of alkyl halides is 1. The molecule has 0 aliphatic heterocycles. The van der Waals surface area contributed by atoms with Gasteiger partial charge in [-0.3, -0.25) is 9.25 Å². The number of benzene rings is 1. The van der Waals surface area contributed by atoms with E-state index in [2.05, 4.69) is 10.1 Å². The van der Waals surface area contributed by atoms with E-state index in [9.17, 15) is 4.39 Å². The number of aromatic nitrogens is 4. The van der Waals surface area contributed by atoms with Gasteiger partial charge >= 0.3 is 0 Å². The van der Waals surface area contributed by atoms with Crippen LogP contribution >= 0.6 is 23.2 Å². The van der Waals surface area contributed by atoms with Gasteiger partial charge in [-0.15, -0.1) is 11.6 Å². The van der Waals surface area contributed by atoms with E-state index >= 15 is 0 Å². The number of nitrogens with zero attached hydrogens (tertiary/aromatic N) is 4. The van der Waals surface area contributed by atoms with Gasteiger partial charge in [0.05, 0.1) is 33.3 Å². The molecule has 0 aliphatic rings. The van der Waals surface area contributed by atoms with Crippen molar-refractivity contribution in [1.82, 2.24) is 19.3 Å². The lowest BCUT2D eigenvalue weighted by Gasteiger charge is -2.07. The van der Waals surface area contributed by atoms with Crippen LogP contribution in [-0.2, 0) is 7.05 Å². The van der Waals surface area contributed by atoms with E-state index in [0.29, 0.717) is 16.9 Å². The van der Waals surface area contributed by atoms with Crippen LogP contribution in [0.15, 0.2) is 24.5 Å². The maximum atomic E-state index is 13.7. The van der Waals surface area contributed by atoms with E-state index in [4.69, 9.17) is 23.2 Å². The van der Waals surface area contributed by atoms with Crippen LogP contribution < -0.4 is 0 Å². The molecule has 0 spiro atoms. The van der Waals surface area contributed by atoms with Gasteiger partial charge < -0.3 is 0 Å². The average Bonchev–Trinajstić information content (AvgIpc) is 2.94. The number of rotatable bonds is 2. The van der Waals surface area contributed by atoms with Gasteiger partial charge in [-0.05, 0) is 13.0 Å². The second-order valence-corrected chi connectivity index (χ2v) is 5.61. The molecule has 0 bridgehead atoms. The molecule has 1 unspecified atom stereocenters. The molecule has 0 radical (unpaired) electrons. The summed E-state index contributed by atoms with van der Waals surface area (Å²) in [4.78, 5) is 4.44. The zero-order chi connectivity index (χ0) is 14.4. The van der Waals surface area contributed by atoms with Crippen molar-refractivity contribution in [2.45, 2.75) is 12.3 Å². The van der Waals surface area contributed by atoms with Gasteiger partial charge in [-0.25, -0.2) is 9.37 Å². The minimum atomic E-state index is -0.488. The summed E-state index contributed by atoms with van der Waals surface area (Å²) >= 11 is 12.0. The Labute approximate surface area is 124 Å². The monoisotopic (exact) mass is 312 g/mol. The molecule has 0 fully saturated rings. The van der Waals surface area contributed by atoms with E-state index in [1.165, 1.54) is 12.1 Å². The Bertz CT molecular complexity index is 791. The highest BCUT2D eigenvalue weighted by atomic mass is 35.5. The van der Waals surface area contributed by atoms with Crippen LogP contribution in [0.1, 0.15) is 18.1 Å². The minimum absolute atomic E-state index is 0.0436. The Morgan fingerprint density at radius 3 is 2.70 bits per heavy atom. The summed E-state index contributed by atoms with van der Waals surface area (Å²) in [6.07, 6.45) is 3.49. The normalized spacial score (nSPS) is 13.1. The fourth-order valence-corrected chi connectivity index (χ4v) is 2.46. The lowest BCUT2D eigenvalue weighted by atomic mass is 10.3. The van der Waals surface area contributed by atoms with Crippen LogP contribution in [-0.4, -0.2) is 19.3 Å². The molecule has 2 heterocycles. The lowest BCUT2D eigenvalue weighted by Crippen LogP contribution is -2.01. The average molecular weight is 313 g/mol. The number of imidazole rings is 1. The van der Waals surface area contributed by atoms with Crippen LogP contribution in [0.2, 0.25) is 5.02 Å². The molecule has 0 amide bonds. The number of fused-ring (bicyclic) bond motifs is 1.